The molecular formula is C32H41Cl2F2N2O8P. The SMILES string of the molecule is CC(C)(C)OP(=O)(O[C@@H]1CC2(NC(=O)COc3ccc(Cl)c(F)c3)CCC1(NC(=O)COc1ccc(Cl)c(F)c1)CC2)OC(C)(C)C. The fourth-order valence-corrected chi connectivity index (χ4v) is 8.02. The Morgan fingerprint density at radius 3 is 1.68 bits per heavy atom. The number of rotatable bonds is 12. The maximum Gasteiger partial charge on any atom is 0.476 e. The molecule has 2 amide bonds. The summed E-state index contributed by atoms with van der Waals surface area (Å²) in [6.07, 6.45) is 0.804. The van der Waals surface area contributed by atoms with Crippen molar-refractivity contribution in [1.29, 1.82) is 0 Å². The smallest absolute Gasteiger partial charge is 0.476 e. The number of carbonyl (C=O) groups excluding carboxylic acids is 2. The van der Waals surface area contributed by atoms with Crippen molar-refractivity contribution in [3.05, 3.63) is 58.1 Å². The number of phosphoric acid groups is 1. The van der Waals surface area contributed by atoms with E-state index in [1.807, 2.05) is 0 Å². The quantitative estimate of drug-likeness (QED) is 0.216. The third kappa shape index (κ3) is 10.3. The number of benzene rings is 2. The number of phosphoric ester groups is 1. The van der Waals surface area contributed by atoms with E-state index in [2.05, 4.69) is 10.6 Å². The van der Waals surface area contributed by atoms with Gasteiger partial charge in [0.25, 0.3) is 11.8 Å². The largest absolute Gasteiger partial charge is 0.484 e. The maximum absolute atomic E-state index is 14.2. The van der Waals surface area contributed by atoms with Gasteiger partial charge < -0.3 is 20.1 Å². The second kappa shape index (κ2) is 14.2. The third-order valence-electron chi connectivity index (χ3n) is 7.63. The average molecular weight is 722 g/mol. The standard InChI is InChI=1S/C32H41Cl2F2N2O8P/c1-29(2,3)45-47(41,46-30(4,5)6)44-26-17-31(37-27(39)18-42-20-7-9-22(33)24(35)15-20)11-13-32(26,14-12-31)38-28(40)19-43-21-8-10-23(34)25(36)16-21/h7-10,15-16,26H,11-14,17-19H2,1-6H3,(H,37,39)(H,38,40)/t26-,31?,32?/m1/s1. The molecule has 3 aliphatic carbocycles. The van der Waals surface area contributed by atoms with Gasteiger partial charge in [-0.3, -0.25) is 23.2 Å². The van der Waals surface area contributed by atoms with Crippen LogP contribution >= 0.6 is 31.0 Å². The molecule has 0 aromatic heterocycles. The van der Waals surface area contributed by atoms with E-state index in [9.17, 15) is 22.9 Å². The van der Waals surface area contributed by atoms with E-state index >= 15 is 0 Å². The zero-order chi connectivity index (χ0) is 34.8. The number of amides is 2. The normalized spacial score (nSPS) is 22.9. The Bertz CT molecular complexity index is 1500. The summed E-state index contributed by atoms with van der Waals surface area (Å²) >= 11 is 11.5. The molecule has 0 radical (unpaired) electrons. The van der Waals surface area contributed by atoms with E-state index in [0.29, 0.717) is 25.7 Å². The summed E-state index contributed by atoms with van der Waals surface area (Å²) in [4.78, 5) is 26.3. The number of ether oxygens (including phenoxy) is 2. The molecule has 47 heavy (non-hydrogen) atoms. The van der Waals surface area contributed by atoms with Crippen LogP contribution in [0.4, 0.5) is 8.78 Å². The molecule has 1 atom stereocenters. The van der Waals surface area contributed by atoms with Crippen LogP contribution in [-0.4, -0.2) is 53.4 Å². The molecule has 2 aromatic rings. The van der Waals surface area contributed by atoms with Crippen molar-refractivity contribution in [3.8, 4) is 11.5 Å². The summed E-state index contributed by atoms with van der Waals surface area (Å²) in [6, 6.07) is 7.72. The molecule has 0 unspecified atom stereocenters. The van der Waals surface area contributed by atoms with Crippen LogP contribution in [0.3, 0.4) is 0 Å². The van der Waals surface area contributed by atoms with Gasteiger partial charge in [0.15, 0.2) is 13.2 Å². The number of hydrogen-bond donors (Lipinski definition) is 2. The van der Waals surface area contributed by atoms with Crippen LogP contribution in [0.1, 0.15) is 73.6 Å². The summed E-state index contributed by atoms with van der Waals surface area (Å²) in [7, 11) is -4.27. The number of fused-ring (bicyclic) bond motifs is 3. The Kier molecular flexibility index (Phi) is 11.3. The van der Waals surface area contributed by atoms with Gasteiger partial charge in [-0.15, -0.1) is 0 Å². The van der Waals surface area contributed by atoms with Gasteiger partial charge in [0.1, 0.15) is 23.1 Å². The van der Waals surface area contributed by atoms with Crippen molar-refractivity contribution in [2.75, 3.05) is 13.2 Å². The second-order valence-electron chi connectivity index (χ2n) is 13.9. The van der Waals surface area contributed by atoms with Gasteiger partial charge in [0.2, 0.25) is 0 Å². The van der Waals surface area contributed by atoms with E-state index < -0.39 is 72.9 Å². The first kappa shape index (κ1) is 37.4. The van der Waals surface area contributed by atoms with Crippen molar-refractivity contribution in [1.82, 2.24) is 10.6 Å². The number of nitrogens with one attached hydrogen (secondary N) is 2. The first-order valence-electron chi connectivity index (χ1n) is 15.2. The van der Waals surface area contributed by atoms with Crippen molar-refractivity contribution >= 4 is 42.8 Å². The summed E-state index contributed by atoms with van der Waals surface area (Å²) in [5, 5.41) is 5.91. The van der Waals surface area contributed by atoms with Gasteiger partial charge in [0.05, 0.1) is 32.9 Å². The van der Waals surface area contributed by atoms with Gasteiger partial charge in [-0.25, -0.2) is 13.3 Å². The highest BCUT2D eigenvalue weighted by Gasteiger charge is 2.59. The van der Waals surface area contributed by atoms with E-state index in [4.69, 9.17) is 46.2 Å². The Hall–Kier alpha value is -2.47. The average Bonchev–Trinajstić information content (AvgIpc) is 2.93. The topological polar surface area (TPSA) is 121 Å². The van der Waals surface area contributed by atoms with E-state index in [1.165, 1.54) is 24.3 Å². The minimum absolute atomic E-state index is 0.0691. The van der Waals surface area contributed by atoms with Crippen molar-refractivity contribution in [2.45, 2.75) is 102 Å². The molecular weight excluding hydrogens is 680 g/mol. The highest BCUT2D eigenvalue weighted by molar-refractivity contribution is 7.48. The number of halogens is 4. The van der Waals surface area contributed by atoms with Crippen LogP contribution in [0.2, 0.25) is 10.0 Å². The highest BCUT2D eigenvalue weighted by Crippen LogP contribution is 2.60. The molecule has 15 heteroatoms. The first-order chi connectivity index (χ1) is 21.7. The van der Waals surface area contributed by atoms with Gasteiger partial charge >= 0.3 is 7.82 Å². The van der Waals surface area contributed by atoms with Gasteiger partial charge in [0, 0.05) is 17.7 Å². The molecule has 5 rings (SSSR count). The third-order valence-corrected chi connectivity index (χ3v) is 10.3. The lowest BCUT2D eigenvalue weighted by molar-refractivity contribution is -0.137. The van der Waals surface area contributed by atoms with E-state index in [0.717, 1.165) is 12.1 Å². The van der Waals surface area contributed by atoms with Crippen molar-refractivity contribution in [3.63, 3.8) is 0 Å². The van der Waals surface area contributed by atoms with Crippen molar-refractivity contribution in [2.24, 2.45) is 0 Å². The van der Waals surface area contributed by atoms with Crippen LogP contribution in [0, 0.1) is 11.6 Å². The summed E-state index contributed by atoms with van der Waals surface area (Å²) in [6.45, 7) is 9.45. The van der Waals surface area contributed by atoms with Crippen LogP contribution in [0.5, 0.6) is 11.5 Å². The van der Waals surface area contributed by atoms with Crippen LogP contribution in [0.15, 0.2) is 36.4 Å². The summed E-state index contributed by atoms with van der Waals surface area (Å²) in [5.74, 6) is -2.08. The molecule has 2 bridgehead atoms. The Morgan fingerprint density at radius 2 is 1.26 bits per heavy atom. The van der Waals surface area contributed by atoms with Crippen molar-refractivity contribution < 1.29 is 46.0 Å². The van der Waals surface area contributed by atoms with E-state index in [1.54, 1.807) is 41.5 Å². The predicted octanol–water partition coefficient (Wildman–Crippen LogP) is 7.54. The van der Waals surface area contributed by atoms with Gasteiger partial charge in [-0.05, 0) is 97.9 Å². The van der Waals surface area contributed by atoms with Crippen LogP contribution in [-0.2, 0) is 27.7 Å². The number of hydrogen-bond acceptors (Lipinski definition) is 8. The molecule has 3 saturated carbocycles. The molecule has 3 aliphatic rings. The second-order valence-corrected chi connectivity index (χ2v) is 16.2. The molecule has 0 aliphatic heterocycles. The van der Waals surface area contributed by atoms with Gasteiger partial charge in [-0.2, -0.15) is 0 Å². The zero-order valence-corrected chi connectivity index (χ0v) is 29.6. The monoisotopic (exact) mass is 720 g/mol. The Labute approximate surface area is 283 Å². The Morgan fingerprint density at radius 1 is 0.809 bits per heavy atom. The molecule has 0 spiro atoms. The molecule has 3 fully saturated rings. The van der Waals surface area contributed by atoms with Crippen LogP contribution < -0.4 is 20.1 Å². The zero-order valence-electron chi connectivity index (χ0n) is 27.2. The van der Waals surface area contributed by atoms with Gasteiger partial charge in [-0.1, -0.05) is 23.2 Å². The molecule has 2 aromatic carbocycles. The predicted molar refractivity (Wildman–Crippen MR) is 173 cm³/mol. The maximum atomic E-state index is 14.2. The molecule has 10 nitrogen and oxygen atoms in total. The van der Waals surface area contributed by atoms with Crippen LogP contribution in [0.25, 0.3) is 0 Å². The Balaban J connectivity index is 1.53. The fourth-order valence-electron chi connectivity index (χ4n) is 5.74. The minimum Gasteiger partial charge on any atom is -0.484 e. The molecule has 0 saturated heterocycles. The fraction of sp³-hybridized carbons (Fsp3) is 0.562. The lowest BCUT2D eigenvalue weighted by Gasteiger charge is -2.57. The molecule has 0 heterocycles. The lowest BCUT2D eigenvalue weighted by Crippen LogP contribution is -2.71. The molecule has 2 N–H and O–H groups in total. The first-order valence-corrected chi connectivity index (χ1v) is 17.4. The molecule has 260 valence electrons. The summed E-state index contributed by atoms with van der Waals surface area (Å²) < 4.78 is 71.0. The minimum atomic E-state index is -4.27. The lowest BCUT2D eigenvalue weighted by atomic mass is 9.60. The number of carbonyl (C=O) groups is 2. The highest BCUT2D eigenvalue weighted by atomic mass is 35.5. The summed E-state index contributed by atoms with van der Waals surface area (Å²) in [5.41, 5.74) is -3.66. The van der Waals surface area contributed by atoms with E-state index in [-0.39, 0.29) is 28.0 Å².